The van der Waals surface area contributed by atoms with E-state index in [1.165, 1.54) is 148 Å². The van der Waals surface area contributed by atoms with Crippen molar-refractivity contribution in [3.05, 3.63) is 36.5 Å². The molecule has 0 aliphatic heterocycles. The van der Waals surface area contributed by atoms with Crippen LogP contribution in [0, 0.1) is 0 Å². The van der Waals surface area contributed by atoms with Crippen LogP contribution >= 0.6 is 0 Å². The van der Waals surface area contributed by atoms with Crippen molar-refractivity contribution in [3.8, 4) is 0 Å². The molecule has 0 saturated heterocycles. The normalized spacial score (nSPS) is 13.6. The fourth-order valence-electron chi connectivity index (χ4n) is 7.42. The lowest BCUT2D eigenvalue weighted by Gasteiger charge is -2.24. The van der Waals surface area contributed by atoms with Crippen molar-refractivity contribution in [2.75, 3.05) is 6.61 Å². The van der Waals surface area contributed by atoms with E-state index in [1.54, 1.807) is 0 Å². The number of rotatable bonds is 44. The van der Waals surface area contributed by atoms with Gasteiger partial charge < -0.3 is 20.3 Å². The smallest absolute Gasteiger partial charge is 0.306 e. The summed E-state index contributed by atoms with van der Waals surface area (Å²) in [5, 5.41) is 23.6. The second kappa shape index (κ2) is 45.2. The van der Waals surface area contributed by atoms with E-state index in [-0.39, 0.29) is 24.9 Å². The van der Waals surface area contributed by atoms with E-state index in [9.17, 15) is 19.8 Å². The van der Waals surface area contributed by atoms with Gasteiger partial charge in [0.1, 0.15) is 6.10 Å². The maximum absolute atomic E-state index is 13.1. The van der Waals surface area contributed by atoms with Crippen LogP contribution in [0.4, 0.5) is 0 Å². The molecule has 0 saturated carbocycles. The van der Waals surface area contributed by atoms with Crippen LogP contribution in [0.2, 0.25) is 0 Å². The Morgan fingerprint density at radius 1 is 0.509 bits per heavy atom. The molecule has 0 aromatic heterocycles. The number of aliphatic hydroxyl groups is 2. The molecule has 0 bridgehead atoms. The largest absolute Gasteiger partial charge is 0.462 e. The van der Waals surface area contributed by atoms with E-state index in [0.717, 1.165) is 57.8 Å². The maximum Gasteiger partial charge on any atom is 0.306 e. The zero-order valence-corrected chi connectivity index (χ0v) is 38.0. The zero-order chi connectivity index (χ0) is 41.7. The number of carbonyl (C=O) groups excluding carboxylic acids is 2. The van der Waals surface area contributed by atoms with E-state index >= 15 is 0 Å². The number of amides is 1. The van der Waals surface area contributed by atoms with Crippen molar-refractivity contribution < 1.29 is 24.5 Å². The Kier molecular flexibility index (Phi) is 43.6. The Labute approximate surface area is 353 Å². The molecule has 0 aromatic carbocycles. The summed E-state index contributed by atoms with van der Waals surface area (Å²) in [6.07, 6.45) is 52.1. The van der Waals surface area contributed by atoms with Crippen LogP contribution in [0.25, 0.3) is 0 Å². The number of aliphatic hydroxyl groups excluding tert-OH is 2. The lowest BCUT2D eigenvalue weighted by atomic mass is 10.0. The summed E-state index contributed by atoms with van der Waals surface area (Å²) in [6, 6.07) is -0.713. The van der Waals surface area contributed by atoms with E-state index in [1.807, 2.05) is 0 Å². The minimum atomic E-state index is -0.796. The predicted octanol–water partition coefficient (Wildman–Crippen LogP) is 14.5. The number of esters is 1. The van der Waals surface area contributed by atoms with Crippen molar-refractivity contribution in [1.29, 1.82) is 0 Å². The molecule has 0 aromatic rings. The molecule has 0 aliphatic carbocycles. The van der Waals surface area contributed by atoms with Gasteiger partial charge in [0, 0.05) is 6.42 Å². The second-order valence-electron chi connectivity index (χ2n) is 16.9. The van der Waals surface area contributed by atoms with Gasteiger partial charge in [-0.3, -0.25) is 9.59 Å². The quantitative estimate of drug-likeness (QED) is 0.0247. The number of hydrogen-bond acceptors (Lipinski definition) is 5. The van der Waals surface area contributed by atoms with Crippen LogP contribution < -0.4 is 5.32 Å². The Bertz CT molecular complexity index is 946. The molecule has 3 atom stereocenters. The molecule has 3 unspecified atom stereocenters. The highest BCUT2D eigenvalue weighted by Gasteiger charge is 2.24. The number of nitrogens with one attached hydrogen (secondary N) is 1. The van der Waals surface area contributed by atoms with Crippen LogP contribution in [-0.2, 0) is 14.3 Å². The highest BCUT2D eigenvalue weighted by atomic mass is 16.5. The number of allylic oxidation sites excluding steroid dienone is 6. The summed E-state index contributed by atoms with van der Waals surface area (Å²) in [5.74, 6) is -0.522. The standard InChI is InChI=1S/C51H95NO5/c1-4-7-10-13-16-19-21-23-25-27-29-32-35-38-41-44-51(56)57-47(42-39-36-33-31-28-26-24-22-20-17-14-11-8-5-2)45-50(55)52-48(46-53)49(54)43-40-37-34-30-18-15-12-9-6-3/h19,21,26,28,31,33,47-49,53-54H,4-18,20,22-25,27,29-30,32,34-46H2,1-3H3,(H,52,55)/b21-19-,28-26+,33-31+. The lowest BCUT2D eigenvalue weighted by molar-refractivity contribution is -0.151. The minimum Gasteiger partial charge on any atom is -0.462 e. The van der Waals surface area contributed by atoms with Gasteiger partial charge in [0.2, 0.25) is 5.91 Å². The molecule has 6 heteroatoms. The van der Waals surface area contributed by atoms with Crippen molar-refractivity contribution in [2.24, 2.45) is 0 Å². The average molecular weight is 802 g/mol. The van der Waals surface area contributed by atoms with Crippen LogP contribution in [0.1, 0.15) is 252 Å². The molecule has 3 N–H and O–H groups in total. The summed E-state index contributed by atoms with van der Waals surface area (Å²) < 4.78 is 5.89. The third kappa shape index (κ3) is 40.6. The summed E-state index contributed by atoms with van der Waals surface area (Å²) in [7, 11) is 0. The summed E-state index contributed by atoms with van der Waals surface area (Å²) in [5.41, 5.74) is 0. The van der Waals surface area contributed by atoms with Crippen molar-refractivity contribution in [2.45, 2.75) is 270 Å². The molecule has 0 fully saturated rings. The molecule has 0 spiro atoms. The molecule has 57 heavy (non-hydrogen) atoms. The molecule has 1 amide bonds. The molecule has 6 nitrogen and oxygen atoms in total. The number of ether oxygens (including phenoxy) is 1. The monoisotopic (exact) mass is 802 g/mol. The number of unbranched alkanes of at least 4 members (excludes halogenated alkanes) is 27. The minimum absolute atomic E-state index is 0.0447. The van der Waals surface area contributed by atoms with Crippen LogP contribution in [-0.4, -0.2) is 46.9 Å². The van der Waals surface area contributed by atoms with Gasteiger partial charge in [-0.15, -0.1) is 0 Å². The maximum atomic E-state index is 13.1. The molecular formula is C51H95NO5. The van der Waals surface area contributed by atoms with Gasteiger partial charge in [0.05, 0.1) is 25.2 Å². The summed E-state index contributed by atoms with van der Waals surface area (Å²) in [4.78, 5) is 26.0. The fraction of sp³-hybridized carbons (Fsp3) is 0.843. The molecular weight excluding hydrogens is 707 g/mol. The van der Waals surface area contributed by atoms with Gasteiger partial charge >= 0.3 is 5.97 Å². The fourth-order valence-corrected chi connectivity index (χ4v) is 7.42. The summed E-state index contributed by atoms with van der Waals surface area (Å²) in [6.45, 7) is 6.43. The first kappa shape index (κ1) is 55.1. The predicted molar refractivity (Wildman–Crippen MR) is 246 cm³/mol. The molecule has 334 valence electrons. The third-order valence-corrected chi connectivity index (χ3v) is 11.2. The van der Waals surface area contributed by atoms with Gasteiger partial charge in [-0.2, -0.15) is 0 Å². The Balaban J connectivity index is 4.64. The van der Waals surface area contributed by atoms with Gasteiger partial charge in [-0.25, -0.2) is 0 Å². The highest BCUT2D eigenvalue weighted by Crippen LogP contribution is 2.17. The van der Waals surface area contributed by atoms with Crippen LogP contribution in [0.5, 0.6) is 0 Å². The SMILES string of the molecule is CCCCCC/C=C\CCCCCCCCCC(=O)OC(CCC/C=C/C=C/CCCCCCCCC)CC(=O)NC(CO)C(O)CCCCCCCCCCC. The third-order valence-electron chi connectivity index (χ3n) is 11.2. The van der Waals surface area contributed by atoms with Gasteiger partial charge in [-0.1, -0.05) is 205 Å². The Hall–Kier alpha value is -1.92. The van der Waals surface area contributed by atoms with Gasteiger partial charge in [-0.05, 0) is 70.6 Å². The number of carbonyl (C=O) groups is 2. The number of hydrogen-bond donors (Lipinski definition) is 3. The molecule has 0 radical (unpaired) electrons. The molecule has 0 rings (SSSR count). The second-order valence-corrected chi connectivity index (χ2v) is 16.9. The first-order chi connectivity index (χ1) is 28.0. The molecule has 0 heterocycles. The van der Waals surface area contributed by atoms with Gasteiger partial charge in [0.15, 0.2) is 0 Å². The van der Waals surface area contributed by atoms with Crippen LogP contribution in [0.3, 0.4) is 0 Å². The average Bonchev–Trinajstić information content (AvgIpc) is 3.20. The van der Waals surface area contributed by atoms with Crippen molar-refractivity contribution in [3.63, 3.8) is 0 Å². The highest BCUT2D eigenvalue weighted by molar-refractivity contribution is 5.77. The van der Waals surface area contributed by atoms with E-state index in [4.69, 9.17) is 4.74 Å². The lowest BCUT2D eigenvalue weighted by Crippen LogP contribution is -2.46. The van der Waals surface area contributed by atoms with E-state index < -0.39 is 18.2 Å². The van der Waals surface area contributed by atoms with Gasteiger partial charge in [0.25, 0.3) is 0 Å². The van der Waals surface area contributed by atoms with Crippen molar-refractivity contribution >= 4 is 11.9 Å². The van der Waals surface area contributed by atoms with E-state index in [0.29, 0.717) is 19.3 Å². The first-order valence-electron chi connectivity index (χ1n) is 24.7. The van der Waals surface area contributed by atoms with Crippen LogP contribution in [0.15, 0.2) is 36.5 Å². The Morgan fingerprint density at radius 3 is 1.40 bits per heavy atom. The van der Waals surface area contributed by atoms with E-state index in [2.05, 4.69) is 62.5 Å². The Morgan fingerprint density at radius 2 is 0.912 bits per heavy atom. The first-order valence-corrected chi connectivity index (χ1v) is 24.7. The molecule has 0 aliphatic rings. The summed E-state index contributed by atoms with van der Waals surface area (Å²) >= 11 is 0. The topological polar surface area (TPSA) is 95.9 Å². The van der Waals surface area contributed by atoms with Crippen molar-refractivity contribution in [1.82, 2.24) is 5.32 Å². The zero-order valence-electron chi connectivity index (χ0n) is 38.0.